The standard InChI is InChI=1S/C23H21F5N4O4/c24-12-1-2-14(25)13(7-12)18-20(19(31-11-30-18)16-3-4-23(27,28)10-35-16)32-21(34)15(33)8-17(29)36-9-22(26)5-6-22/h1-2,7-8,11,16H,3-6,9-10,29H2,(H,32,34)/b17-8+. The molecule has 192 valence electrons. The predicted molar refractivity (Wildman–Crippen MR) is 115 cm³/mol. The molecule has 1 atom stereocenters. The second-order valence-corrected chi connectivity index (χ2v) is 8.61. The minimum absolute atomic E-state index is 0.110. The first-order chi connectivity index (χ1) is 17.0. The summed E-state index contributed by atoms with van der Waals surface area (Å²) < 4.78 is 79.5. The number of ketones is 1. The molecule has 2 aliphatic rings. The van der Waals surface area contributed by atoms with E-state index in [4.69, 9.17) is 15.2 Å². The van der Waals surface area contributed by atoms with Crippen LogP contribution in [-0.4, -0.2) is 46.5 Å². The molecule has 36 heavy (non-hydrogen) atoms. The highest BCUT2D eigenvalue weighted by molar-refractivity contribution is 6.44. The first-order valence-corrected chi connectivity index (χ1v) is 10.9. The first kappa shape index (κ1) is 25.5. The van der Waals surface area contributed by atoms with Crippen molar-refractivity contribution in [2.75, 3.05) is 18.5 Å². The molecule has 13 heteroatoms. The Balaban J connectivity index is 1.64. The summed E-state index contributed by atoms with van der Waals surface area (Å²) in [6, 6.07) is 2.51. The van der Waals surface area contributed by atoms with Crippen LogP contribution in [0.15, 0.2) is 36.5 Å². The maximum absolute atomic E-state index is 14.6. The molecule has 1 amide bonds. The van der Waals surface area contributed by atoms with Crippen LogP contribution < -0.4 is 11.1 Å². The second-order valence-electron chi connectivity index (χ2n) is 8.61. The summed E-state index contributed by atoms with van der Waals surface area (Å²) >= 11 is 0. The maximum atomic E-state index is 14.6. The van der Waals surface area contributed by atoms with E-state index >= 15 is 0 Å². The third-order valence-electron chi connectivity index (χ3n) is 5.66. The summed E-state index contributed by atoms with van der Waals surface area (Å²) in [6.45, 7) is -1.31. The van der Waals surface area contributed by atoms with Crippen LogP contribution in [-0.2, 0) is 19.1 Å². The minimum atomic E-state index is -3.07. The van der Waals surface area contributed by atoms with Crippen LogP contribution in [0.4, 0.5) is 27.6 Å². The summed E-state index contributed by atoms with van der Waals surface area (Å²) in [4.78, 5) is 33.0. The fourth-order valence-corrected chi connectivity index (χ4v) is 3.49. The zero-order chi connectivity index (χ0) is 26.1. The van der Waals surface area contributed by atoms with Crippen molar-refractivity contribution in [3.05, 3.63) is 53.8 Å². The van der Waals surface area contributed by atoms with Crippen molar-refractivity contribution in [3.63, 3.8) is 0 Å². The number of hydrogen-bond acceptors (Lipinski definition) is 7. The molecule has 1 aliphatic carbocycles. The molecule has 1 aromatic carbocycles. The van der Waals surface area contributed by atoms with Crippen LogP contribution in [0.2, 0.25) is 0 Å². The van der Waals surface area contributed by atoms with Crippen LogP contribution in [0.5, 0.6) is 0 Å². The highest BCUT2D eigenvalue weighted by Crippen LogP contribution is 2.41. The Hall–Kier alpha value is -3.61. The van der Waals surface area contributed by atoms with E-state index in [1.807, 2.05) is 0 Å². The molecule has 1 aromatic heterocycles. The molecule has 2 fully saturated rings. The van der Waals surface area contributed by atoms with Gasteiger partial charge in [0.1, 0.15) is 48.6 Å². The number of hydrogen-bond donors (Lipinski definition) is 2. The van der Waals surface area contributed by atoms with Gasteiger partial charge in [0, 0.05) is 12.0 Å². The fraction of sp³-hybridized carbons (Fsp3) is 0.391. The number of ether oxygens (including phenoxy) is 2. The molecule has 0 radical (unpaired) electrons. The van der Waals surface area contributed by atoms with Gasteiger partial charge in [-0.1, -0.05) is 0 Å². The number of nitrogens with zero attached hydrogens (tertiary/aromatic N) is 2. The molecule has 0 spiro atoms. The molecule has 2 heterocycles. The van der Waals surface area contributed by atoms with Crippen molar-refractivity contribution < 1.29 is 41.0 Å². The zero-order valence-corrected chi connectivity index (χ0v) is 18.7. The third-order valence-corrected chi connectivity index (χ3v) is 5.66. The lowest BCUT2D eigenvalue weighted by atomic mass is 10.00. The average molecular weight is 512 g/mol. The predicted octanol–water partition coefficient (Wildman–Crippen LogP) is 3.74. The highest BCUT2D eigenvalue weighted by atomic mass is 19.3. The SMILES string of the molecule is N/C(=C\C(=O)C(=O)Nc1c(-c2cc(F)ccc2F)ncnc1C1CCC(F)(F)CO1)OCC1(F)CC1. The van der Waals surface area contributed by atoms with Gasteiger partial charge < -0.3 is 20.5 Å². The van der Waals surface area contributed by atoms with Gasteiger partial charge in [-0.2, -0.15) is 0 Å². The van der Waals surface area contributed by atoms with Gasteiger partial charge in [0.25, 0.3) is 11.8 Å². The minimum Gasteiger partial charge on any atom is -0.476 e. The third kappa shape index (κ3) is 5.96. The Bertz CT molecular complexity index is 1210. The lowest BCUT2D eigenvalue weighted by molar-refractivity contribution is -0.146. The lowest BCUT2D eigenvalue weighted by Crippen LogP contribution is -2.32. The van der Waals surface area contributed by atoms with Gasteiger partial charge in [-0.25, -0.2) is 31.9 Å². The van der Waals surface area contributed by atoms with Crippen LogP contribution >= 0.6 is 0 Å². The van der Waals surface area contributed by atoms with Crippen LogP contribution in [0.1, 0.15) is 37.5 Å². The van der Waals surface area contributed by atoms with E-state index in [0.717, 1.165) is 24.5 Å². The zero-order valence-electron chi connectivity index (χ0n) is 18.7. The quantitative estimate of drug-likeness (QED) is 0.240. The van der Waals surface area contributed by atoms with Gasteiger partial charge >= 0.3 is 0 Å². The molecular weight excluding hydrogens is 491 g/mol. The van der Waals surface area contributed by atoms with Crippen LogP contribution in [0.3, 0.4) is 0 Å². The number of nitrogens with two attached hydrogens (primary N) is 1. The lowest BCUT2D eigenvalue weighted by Gasteiger charge is -2.29. The van der Waals surface area contributed by atoms with Gasteiger partial charge in [-0.05, 0) is 37.5 Å². The van der Waals surface area contributed by atoms with Gasteiger partial charge in [-0.15, -0.1) is 0 Å². The molecular formula is C23H21F5N4O4. The summed E-state index contributed by atoms with van der Waals surface area (Å²) in [5, 5.41) is 2.23. The van der Waals surface area contributed by atoms with Crippen molar-refractivity contribution in [2.24, 2.45) is 5.73 Å². The summed E-state index contributed by atoms with van der Waals surface area (Å²) in [6.07, 6.45) is 0.364. The van der Waals surface area contributed by atoms with E-state index in [1.165, 1.54) is 0 Å². The number of rotatable bonds is 8. The van der Waals surface area contributed by atoms with E-state index in [1.54, 1.807) is 0 Å². The number of anilines is 1. The number of amides is 1. The van der Waals surface area contributed by atoms with E-state index in [0.29, 0.717) is 18.9 Å². The van der Waals surface area contributed by atoms with Gasteiger partial charge in [0.05, 0.1) is 17.5 Å². The summed E-state index contributed by atoms with van der Waals surface area (Å²) in [7, 11) is 0. The van der Waals surface area contributed by atoms with Crippen LogP contribution in [0.25, 0.3) is 11.3 Å². The molecule has 0 bridgehead atoms. The van der Waals surface area contributed by atoms with Crippen LogP contribution in [0, 0.1) is 11.6 Å². The number of carbonyl (C=O) groups is 2. The molecule has 2 aromatic rings. The number of carbonyl (C=O) groups excluding carboxylic acids is 2. The van der Waals surface area contributed by atoms with E-state index in [-0.39, 0.29) is 35.7 Å². The van der Waals surface area contributed by atoms with Gasteiger partial charge in [0.15, 0.2) is 5.88 Å². The summed E-state index contributed by atoms with van der Waals surface area (Å²) in [5.41, 5.74) is 2.90. The number of alkyl halides is 3. The fourth-order valence-electron chi connectivity index (χ4n) is 3.49. The van der Waals surface area contributed by atoms with E-state index < -0.39 is 59.9 Å². The Morgan fingerprint density at radius 1 is 1.19 bits per heavy atom. The van der Waals surface area contributed by atoms with Crippen molar-refractivity contribution in [1.29, 1.82) is 0 Å². The molecule has 4 rings (SSSR count). The monoisotopic (exact) mass is 512 g/mol. The van der Waals surface area contributed by atoms with Gasteiger partial charge in [0.2, 0.25) is 5.78 Å². The maximum Gasteiger partial charge on any atom is 0.296 e. The topological polar surface area (TPSA) is 116 Å². The van der Waals surface area contributed by atoms with Crippen molar-refractivity contribution in [2.45, 2.75) is 43.4 Å². The second kappa shape index (κ2) is 9.80. The number of benzene rings is 1. The van der Waals surface area contributed by atoms with Gasteiger partial charge in [-0.3, -0.25) is 9.59 Å². The molecule has 1 aliphatic heterocycles. The van der Waals surface area contributed by atoms with Crippen molar-refractivity contribution >= 4 is 17.4 Å². The normalized spacial score (nSPS) is 20.5. The molecule has 1 saturated heterocycles. The number of aromatic nitrogens is 2. The molecule has 3 N–H and O–H groups in total. The molecule has 1 saturated carbocycles. The summed E-state index contributed by atoms with van der Waals surface area (Å²) in [5.74, 6) is -7.80. The van der Waals surface area contributed by atoms with Crippen molar-refractivity contribution in [3.8, 4) is 11.3 Å². The average Bonchev–Trinajstić information content (AvgIpc) is 3.57. The van der Waals surface area contributed by atoms with E-state index in [2.05, 4.69) is 15.3 Å². The van der Waals surface area contributed by atoms with E-state index in [9.17, 15) is 31.5 Å². The Morgan fingerprint density at radius 3 is 2.61 bits per heavy atom. The number of nitrogens with one attached hydrogen (secondary N) is 1. The first-order valence-electron chi connectivity index (χ1n) is 10.9. The Labute approximate surface area is 201 Å². The smallest absolute Gasteiger partial charge is 0.296 e. The molecule has 1 unspecified atom stereocenters. The Morgan fingerprint density at radius 2 is 1.94 bits per heavy atom. The molecule has 8 nitrogen and oxygen atoms in total. The number of halogens is 5. The highest BCUT2D eigenvalue weighted by Gasteiger charge is 2.44. The van der Waals surface area contributed by atoms with Crippen molar-refractivity contribution in [1.82, 2.24) is 9.97 Å². The largest absolute Gasteiger partial charge is 0.476 e. The Kier molecular flexibility index (Phi) is 6.94.